The van der Waals surface area contributed by atoms with Crippen LogP contribution in [0.1, 0.15) is 33.6 Å². The molecule has 0 aliphatic heterocycles. The van der Waals surface area contributed by atoms with E-state index in [2.05, 4.69) is 41.4 Å². The second-order valence-electron chi connectivity index (χ2n) is 5.21. The van der Waals surface area contributed by atoms with Crippen LogP contribution in [0.25, 0.3) is 0 Å². The number of aliphatic hydroxyl groups is 1. The first kappa shape index (κ1) is 14.7. The lowest BCUT2D eigenvalue weighted by molar-refractivity contribution is 0.311. The number of rotatable bonds is 8. The number of aromatic nitrogens is 2. The quantitative estimate of drug-likeness (QED) is 0.661. The second kappa shape index (κ2) is 7.16. The number of hydrogen-bond acceptors (Lipinski definition) is 5. The molecule has 1 aromatic rings. The summed E-state index contributed by atoms with van der Waals surface area (Å²) in [5.74, 6) is 1.55. The first-order chi connectivity index (χ1) is 8.57. The molecular formula is C13H24N4O. The van der Waals surface area contributed by atoms with Crippen molar-refractivity contribution in [3.05, 3.63) is 12.4 Å². The lowest BCUT2D eigenvalue weighted by Gasteiger charge is -2.24. The predicted octanol–water partition coefficient (Wildman–Crippen LogP) is 2.12. The molecule has 0 amide bonds. The van der Waals surface area contributed by atoms with Crippen LogP contribution in [-0.4, -0.2) is 34.8 Å². The van der Waals surface area contributed by atoms with E-state index in [1.807, 2.05) is 6.07 Å². The summed E-state index contributed by atoms with van der Waals surface area (Å²) >= 11 is 0. The Morgan fingerprint density at radius 2 is 1.89 bits per heavy atom. The highest BCUT2D eigenvalue weighted by atomic mass is 16.3. The van der Waals surface area contributed by atoms with Crippen LogP contribution in [0.3, 0.4) is 0 Å². The maximum Gasteiger partial charge on any atom is 0.131 e. The van der Waals surface area contributed by atoms with Crippen LogP contribution < -0.4 is 10.6 Å². The van der Waals surface area contributed by atoms with Crippen LogP contribution in [0.5, 0.6) is 0 Å². The van der Waals surface area contributed by atoms with E-state index < -0.39 is 0 Å². The predicted molar refractivity (Wildman–Crippen MR) is 74.8 cm³/mol. The Morgan fingerprint density at radius 3 is 2.50 bits per heavy atom. The van der Waals surface area contributed by atoms with Crippen LogP contribution >= 0.6 is 0 Å². The van der Waals surface area contributed by atoms with Crippen molar-refractivity contribution in [1.29, 1.82) is 0 Å². The van der Waals surface area contributed by atoms with Gasteiger partial charge in [0.15, 0.2) is 0 Å². The molecule has 0 atom stereocenters. The zero-order valence-electron chi connectivity index (χ0n) is 11.5. The first-order valence-corrected chi connectivity index (χ1v) is 6.48. The van der Waals surface area contributed by atoms with Crippen LogP contribution in [-0.2, 0) is 0 Å². The Morgan fingerprint density at radius 1 is 1.22 bits per heavy atom. The van der Waals surface area contributed by atoms with E-state index in [1.165, 1.54) is 19.2 Å². The van der Waals surface area contributed by atoms with Gasteiger partial charge in [-0.05, 0) is 11.8 Å². The molecule has 0 radical (unpaired) electrons. The van der Waals surface area contributed by atoms with Crippen molar-refractivity contribution >= 4 is 11.6 Å². The van der Waals surface area contributed by atoms with Gasteiger partial charge in [-0.15, -0.1) is 0 Å². The van der Waals surface area contributed by atoms with Crippen molar-refractivity contribution in [1.82, 2.24) is 9.97 Å². The third-order valence-corrected chi connectivity index (χ3v) is 2.76. The molecule has 5 nitrogen and oxygen atoms in total. The number of aliphatic hydroxyl groups excluding tert-OH is 1. The van der Waals surface area contributed by atoms with Gasteiger partial charge in [-0.3, -0.25) is 0 Å². The van der Waals surface area contributed by atoms with Crippen molar-refractivity contribution in [3.63, 3.8) is 0 Å². The van der Waals surface area contributed by atoms with Gasteiger partial charge >= 0.3 is 0 Å². The Labute approximate surface area is 109 Å². The average molecular weight is 252 g/mol. The Kier molecular flexibility index (Phi) is 5.85. The number of anilines is 2. The van der Waals surface area contributed by atoms with Crippen molar-refractivity contribution < 1.29 is 5.11 Å². The highest BCUT2D eigenvalue weighted by Gasteiger charge is 2.16. The number of hydrogen-bond donors (Lipinski definition) is 3. The molecule has 0 aliphatic rings. The number of nitrogens with one attached hydrogen (secondary N) is 2. The summed E-state index contributed by atoms with van der Waals surface area (Å²) in [5.41, 5.74) is 0.262. The molecule has 5 heteroatoms. The zero-order valence-corrected chi connectivity index (χ0v) is 11.5. The molecule has 0 saturated heterocycles. The fourth-order valence-corrected chi connectivity index (χ4v) is 1.83. The second-order valence-corrected chi connectivity index (χ2v) is 5.21. The molecule has 0 bridgehead atoms. The van der Waals surface area contributed by atoms with E-state index in [4.69, 9.17) is 5.11 Å². The van der Waals surface area contributed by atoms with Crippen molar-refractivity contribution in [2.75, 3.05) is 30.3 Å². The molecule has 3 N–H and O–H groups in total. The third-order valence-electron chi connectivity index (χ3n) is 2.76. The lowest BCUT2D eigenvalue weighted by Crippen LogP contribution is -2.23. The van der Waals surface area contributed by atoms with E-state index in [0.29, 0.717) is 6.54 Å². The normalized spacial score (nSPS) is 11.3. The van der Waals surface area contributed by atoms with E-state index in [9.17, 15) is 0 Å². The van der Waals surface area contributed by atoms with Gasteiger partial charge in [0, 0.05) is 19.2 Å². The maximum absolute atomic E-state index is 8.74. The molecule has 0 aliphatic carbocycles. The maximum atomic E-state index is 8.74. The third kappa shape index (κ3) is 5.31. The molecule has 0 spiro atoms. The van der Waals surface area contributed by atoms with Gasteiger partial charge in [0.1, 0.15) is 18.0 Å². The minimum atomic E-state index is 0.0935. The van der Waals surface area contributed by atoms with E-state index >= 15 is 0 Å². The standard InChI is InChI=1S/C13H24N4O/c1-4-5-13(2,3)9-15-12-8-11(14-6-7-18)16-10-17-12/h8,10,18H,4-7,9H2,1-3H3,(H2,14,15,16,17). The van der Waals surface area contributed by atoms with E-state index in [0.717, 1.165) is 18.2 Å². The summed E-state index contributed by atoms with van der Waals surface area (Å²) in [6.45, 7) is 8.17. The van der Waals surface area contributed by atoms with E-state index in [1.54, 1.807) is 0 Å². The van der Waals surface area contributed by atoms with Crippen LogP contribution in [0.4, 0.5) is 11.6 Å². The smallest absolute Gasteiger partial charge is 0.131 e. The molecule has 0 aromatic carbocycles. The Balaban J connectivity index is 2.51. The highest BCUT2D eigenvalue weighted by molar-refractivity contribution is 5.46. The van der Waals surface area contributed by atoms with Gasteiger partial charge in [0.25, 0.3) is 0 Å². The molecule has 0 fully saturated rings. The number of nitrogens with zero attached hydrogens (tertiary/aromatic N) is 2. The summed E-state index contributed by atoms with van der Waals surface area (Å²) in [7, 11) is 0. The molecule has 1 rings (SSSR count). The SMILES string of the molecule is CCCC(C)(C)CNc1cc(NCCO)ncn1. The summed E-state index contributed by atoms with van der Waals surface area (Å²) in [5, 5.41) is 15.1. The molecule has 1 aromatic heterocycles. The first-order valence-electron chi connectivity index (χ1n) is 6.48. The van der Waals surface area contributed by atoms with Gasteiger partial charge in [-0.1, -0.05) is 27.2 Å². The molecule has 1 heterocycles. The van der Waals surface area contributed by atoms with Crippen LogP contribution in [0.15, 0.2) is 12.4 Å². The molecular weight excluding hydrogens is 228 g/mol. The van der Waals surface area contributed by atoms with Gasteiger partial charge in [0.05, 0.1) is 6.61 Å². The fourth-order valence-electron chi connectivity index (χ4n) is 1.83. The van der Waals surface area contributed by atoms with Crippen molar-refractivity contribution in [2.45, 2.75) is 33.6 Å². The molecule has 0 saturated carbocycles. The molecule has 18 heavy (non-hydrogen) atoms. The summed E-state index contributed by atoms with van der Waals surface area (Å²) in [6.07, 6.45) is 3.89. The van der Waals surface area contributed by atoms with Crippen molar-refractivity contribution in [2.24, 2.45) is 5.41 Å². The highest BCUT2D eigenvalue weighted by Crippen LogP contribution is 2.22. The summed E-state index contributed by atoms with van der Waals surface area (Å²) < 4.78 is 0. The minimum Gasteiger partial charge on any atom is -0.395 e. The monoisotopic (exact) mass is 252 g/mol. The summed E-state index contributed by atoms with van der Waals surface area (Å²) in [4.78, 5) is 8.27. The van der Waals surface area contributed by atoms with Crippen LogP contribution in [0.2, 0.25) is 0 Å². The lowest BCUT2D eigenvalue weighted by atomic mass is 9.88. The minimum absolute atomic E-state index is 0.0935. The molecule has 0 unspecified atom stereocenters. The van der Waals surface area contributed by atoms with Gasteiger partial charge in [-0.2, -0.15) is 0 Å². The molecule has 102 valence electrons. The zero-order chi connectivity index (χ0) is 13.4. The van der Waals surface area contributed by atoms with Crippen LogP contribution in [0, 0.1) is 5.41 Å². The Hall–Kier alpha value is -1.36. The van der Waals surface area contributed by atoms with Gasteiger partial charge < -0.3 is 15.7 Å². The average Bonchev–Trinajstić information content (AvgIpc) is 2.35. The largest absolute Gasteiger partial charge is 0.395 e. The van der Waals surface area contributed by atoms with Gasteiger partial charge in [-0.25, -0.2) is 9.97 Å². The Bertz CT molecular complexity index is 355. The topological polar surface area (TPSA) is 70.1 Å². The van der Waals surface area contributed by atoms with E-state index in [-0.39, 0.29) is 12.0 Å². The summed E-state index contributed by atoms with van der Waals surface area (Å²) in [6, 6.07) is 1.86. The van der Waals surface area contributed by atoms with Gasteiger partial charge in [0.2, 0.25) is 0 Å². The fraction of sp³-hybridized carbons (Fsp3) is 0.692. The van der Waals surface area contributed by atoms with Crippen molar-refractivity contribution in [3.8, 4) is 0 Å².